The number of rotatable bonds is 5. The van der Waals surface area contributed by atoms with E-state index in [1.54, 1.807) is 0 Å². The molecule has 0 spiro atoms. The summed E-state index contributed by atoms with van der Waals surface area (Å²) in [7, 11) is 0. The predicted octanol–water partition coefficient (Wildman–Crippen LogP) is 1.91. The smallest absolute Gasteiger partial charge is 1.00 e. The maximum atomic E-state index is 7.36. The first kappa shape index (κ1) is 21.5. The predicted molar refractivity (Wildman–Crippen MR) is 117 cm³/mol. The van der Waals surface area contributed by atoms with Gasteiger partial charge in [-0.05, 0) is 22.3 Å². The summed E-state index contributed by atoms with van der Waals surface area (Å²) in [6.45, 7) is 0. The Morgan fingerprint density at radius 1 is 0.379 bits per heavy atom. The Hall–Kier alpha value is -2.20. The fraction of sp³-hybridized carbons (Fsp3) is 0.0769. The molecule has 0 aliphatic heterocycles. The molecule has 2 nitrogen and oxygen atoms in total. The van der Waals surface area contributed by atoms with Gasteiger partial charge in [0.2, 0.25) is 0 Å². The van der Waals surface area contributed by atoms with E-state index in [0.717, 1.165) is 22.3 Å². The van der Waals surface area contributed by atoms with E-state index in [4.69, 9.17) is 11.5 Å². The molecule has 3 heteroatoms. The van der Waals surface area contributed by atoms with Crippen LogP contribution >= 0.6 is 0 Å². The van der Waals surface area contributed by atoms with Crippen LogP contribution in [0, 0.1) is 0 Å². The van der Waals surface area contributed by atoms with Gasteiger partial charge in [0.05, 0.1) is 11.1 Å². The van der Waals surface area contributed by atoms with E-state index in [1.165, 1.54) is 0 Å². The Labute approximate surface area is 196 Å². The average Bonchev–Trinajstić information content (AvgIpc) is 2.80. The normalized spacial score (nSPS) is 11.5. The first-order valence-electron chi connectivity index (χ1n) is 9.47. The fourth-order valence-electron chi connectivity index (χ4n) is 4.05. The van der Waals surface area contributed by atoms with Gasteiger partial charge < -0.3 is 12.9 Å². The molecule has 4 aromatic carbocycles. The summed E-state index contributed by atoms with van der Waals surface area (Å²) in [4.78, 5) is 0. The van der Waals surface area contributed by atoms with E-state index in [1.807, 2.05) is 72.8 Å². The van der Waals surface area contributed by atoms with Crippen molar-refractivity contribution in [1.82, 2.24) is 0 Å². The quantitative estimate of drug-likeness (QED) is 0.513. The molecular weight excluding hydrogens is 363 g/mol. The standard InChI is InChI=1S/C26H24N2.Na.H/c27-25(21-13-5-1-6-14-21,22-15-7-2-8-16-22)26(28,23-17-9-3-10-18-23)24-19-11-4-12-20-24;;/h1-20H,27-28H2;;/q;+1;-1. The molecule has 0 bridgehead atoms. The van der Waals surface area contributed by atoms with Crippen molar-refractivity contribution in [3.05, 3.63) is 144 Å². The van der Waals surface area contributed by atoms with Crippen LogP contribution < -0.4 is 41.0 Å². The fourth-order valence-corrected chi connectivity index (χ4v) is 4.05. The van der Waals surface area contributed by atoms with E-state index in [2.05, 4.69) is 48.5 Å². The van der Waals surface area contributed by atoms with Crippen molar-refractivity contribution >= 4 is 0 Å². The minimum Gasteiger partial charge on any atom is -1.00 e. The summed E-state index contributed by atoms with van der Waals surface area (Å²) in [6.07, 6.45) is 0. The van der Waals surface area contributed by atoms with E-state index < -0.39 is 11.1 Å². The number of nitrogens with two attached hydrogens (primary N) is 2. The molecule has 0 aliphatic rings. The summed E-state index contributed by atoms with van der Waals surface area (Å²) >= 11 is 0. The summed E-state index contributed by atoms with van der Waals surface area (Å²) in [5.41, 5.74) is 16.6. The maximum Gasteiger partial charge on any atom is 1.00 e. The Kier molecular flexibility index (Phi) is 6.74. The third kappa shape index (κ3) is 3.71. The topological polar surface area (TPSA) is 52.0 Å². The Balaban J connectivity index is 0.00000160. The van der Waals surface area contributed by atoms with Crippen molar-refractivity contribution in [3.8, 4) is 0 Å². The monoisotopic (exact) mass is 388 g/mol. The van der Waals surface area contributed by atoms with Gasteiger partial charge in [0.25, 0.3) is 0 Å². The van der Waals surface area contributed by atoms with Crippen molar-refractivity contribution in [2.24, 2.45) is 11.5 Å². The zero-order valence-electron chi connectivity index (χ0n) is 17.7. The molecule has 0 radical (unpaired) electrons. The summed E-state index contributed by atoms with van der Waals surface area (Å²) < 4.78 is 0. The van der Waals surface area contributed by atoms with Crippen LogP contribution in [-0.2, 0) is 11.1 Å². The largest absolute Gasteiger partial charge is 1.00 e. The zero-order valence-corrected chi connectivity index (χ0v) is 18.7. The third-order valence-corrected chi connectivity index (χ3v) is 5.54. The first-order chi connectivity index (χ1) is 13.7. The second kappa shape index (κ2) is 9.08. The van der Waals surface area contributed by atoms with Gasteiger partial charge in [0.1, 0.15) is 0 Å². The van der Waals surface area contributed by atoms with Crippen molar-refractivity contribution in [3.63, 3.8) is 0 Å². The SMILES string of the molecule is NC(c1ccccc1)(c1ccccc1)C(N)(c1ccccc1)c1ccccc1.[H-].[Na+]. The van der Waals surface area contributed by atoms with Crippen LogP contribution in [0.4, 0.5) is 0 Å². The molecule has 0 heterocycles. The second-order valence-electron chi connectivity index (χ2n) is 7.08. The Bertz CT molecular complexity index is 860. The van der Waals surface area contributed by atoms with E-state index in [0.29, 0.717) is 0 Å². The average molecular weight is 388 g/mol. The van der Waals surface area contributed by atoms with Gasteiger partial charge in [0, 0.05) is 0 Å². The Morgan fingerprint density at radius 2 is 0.552 bits per heavy atom. The molecule has 0 aliphatic carbocycles. The van der Waals surface area contributed by atoms with Crippen molar-refractivity contribution < 1.29 is 31.0 Å². The molecule has 0 saturated heterocycles. The molecule has 29 heavy (non-hydrogen) atoms. The molecule has 4 rings (SSSR count). The van der Waals surface area contributed by atoms with Crippen molar-refractivity contribution in [1.29, 1.82) is 0 Å². The van der Waals surface area contributed by atoms with Gasteiger partial charge >= 0.3 is 29.6 Å². The number of benzene rings is 4. The van der Waals surface area contributed by atoms with Crippen LogP contribution in [0.2, 0.25) is 0 Å². The van der Waals surface area contributed by atoms with E-state index in [9.17, 15) is 0 Å². The van der Waals surface area contributed by atoms with Crippen LogP contribution in [-0.4, -0.2) is 0 Å². The molecule has 0 amide bonds. The molecule has 4 N–H and O–H groups in total. The van der Waals surface area contributed by atoms with Gasteiger partial charge in [-0.1, -0.05) is 121 Å². The molecule has 140 valence electrons. The van der Waals surface area contributed by atoms with Gasteiger partial charge in [-0.3, -0.25) is 0 Å². The van der Waals surface area contributed by atoms with Crippen LogP contribution in [0.5, 0.6) is 0 Å². The van der Waals surface area contributed by atoms with Crippen molar-refractivity contribution in [2.45, 2.75) is 11.1 Å². The Morgan fingerprint density at radius 3 is 0.724 bits per heavy atom. The van der Waals surface area contributed by atoms with Crippen LogP contribution in [0.25, 0.3) is 0 Å². The van der Waals surface area contributed by atoms with Gasteiger partial charge in [-0.25, -0.2) is 0 Å². The van der Waals surface area contributed by atoms with Crippen LogP contribution in [0.15, 0.2) is 121 Å². The summed E-state index contributed by atoms with van der Waals surface area (Å²) in [5, 5.41) is 0. The van der Waals surface area contributed by atoms with Gasteiger partial charge in [-0.2, -0.15) is 0 Å². The molecule has 0 atom stereocenters. The van der Waals surface area contributed by atoms with E-state index in [-0.39, 0.29) is 31.0 Å². The van der Waals surface area contributed by atoms with E-state index >= 15 is 0 Å². The zero-order chi connectivity index (χ0) is 19.5. The molecule has 0 saturated carbocycles. The summed E-state index contributed by atoms with van der Waals surface area (Å²) in [5.74, 6) is 0. The molecular formula is C26H25N2Na. The van der Waals surface area contributed by atoms with Crippen molar-refractivity contribution in [2.75, 3.05) is 0 Å². The first-order valence-corrected chi connectivity index (χ1v) is 9.47. The third-order valence-electron chi connectivity index (χ3n) is 5.54. The molecule has 4 aromatic rings. The number of hydrogen-bond acceptors (Lipinski definition) is 2. The minimum atomic E-state index is -0.974. The van der Waals surface area contributed by atoms with Gasteiger partial charge in [0.15, 0.2) is 0 Å². The molecule has 0 fully saturated rings. The molecule has 0 unspecified atom stereocenters. The van der Waals surface area contributed by atoms with Gasteiger partial charge in [-0.15, -0.1) is 0 Å². The molecule has 0 aromatic heterocycles. The number of hydrogen-bond donors (Lipinski definition) is 2. The van der Waals surface area contributed by atoms with Crippen LogP contribution in [0.3, 0.4) is 0 Å². The minimum absolute atomic E-state index is 0. The van der Waals surface area contributed by atoms with Crippen LogP contribution in [0.1, 0.15) is 23.7 Å². The second-order valence-corrected chi connectivity index (χ2v) is 7.08. The summed E-state index contributed by atoms with van der Waals surface area (Å²) in [6, 6.07) is 40.5. The maximum absolute atomic E-state index is 7.36.